The predicted octanol–water partition coefficient (Wildman–Crippen LogP) is 3.09. The van der Waals surface area contributed by atoms with Gasteiger partial charge in [-0.05, 0) is 93.2 Å². The molecule has 12 heteroatoms. The molecule has 0 amide bonds. The summed E-state index contributed by atoms with van der Waals surface area (Å²) in [5, 5.41) is 0. The number of guanidine groups is 1. The fourth-order valence-electron chi connectivity index (χ4n) is 4.56. The van der Waals surface area contributed by atoms with Crippen LogP contribution in [0.15, 0.2) is 39.0 Å². The van der Waals surface area contributed by atoms with Gasteiger partial charge >= 0.3 is 5.97 Å². The number of nitrogens with zero attached hydrogens (tertiary/aromatic N) is 1. The van der Waals surface area contributed by atoms with Gasteiger partial charge in [-0.2, -0.15) is 0 Å². The molecule has 3 rings (SSSR count). The Kier molecular flexibility index (Phi) is 9.79. The monoisotopic (exact) mass is 594 g/mol. The number of carbonyl (C=O) groups is 1. The molecular formula is C27H38N4O5S3. The molecule has 0 fully saturated rings. The summed E-state index contributed by atoms with van der Waals surface area (Å²) >= 11 is 5.46. The summed E-state index contributed by atoms with van der Waals surface area (Å²) in [5.41, 5.74) is 14.5. The molecule has 0 aromatic heterocycles. The highest BCUT2D eigenvalue weighted by Crippen LogP contribution is 2.43. The highest BCUT2D eigenvalue weighted by Gasteiger charge is 2.36. The maximum absolute atomic E-state index is 13.3. The molecule has 5 N–H and O–H groups in total. The van der Waals surface area contributed by atoms with Crippen LogP contribution in [0, 0.1) is 20.8 Å². The van der Waals surface area contributed by atoms with Crippen LogP contribution in [0.2, 0.25) is 0 Å². The zero-order valence-electron chi connectivity index (χ0n) is 23.3. The van der Waals surface area contributed by atoms with E-state index < -0.39 is 37.1 Å². The van der Waals surface area contributed by atoms with Gasteiger partial charge in [-0.25, -0.2) is 17.9 Å². The lowest BCUT2D eigenvalue weighted by Gasteiger charge is -2.19. The van der Waals surface area contributed by atoms with Gasteiger partial charge in [0.2, 0.25) is 5.96 Å². The lowest BCUT2D eigenvalue weighted by atomic mass is 9.94. The standard InChI is InChI=1S/C27H38N4O5S3/c1-7-38(37)22-13-9-8-12-21(22)35-25(32)20(28)11-10-14-30-26(29)31-39(33,34)24-17(3)16(2)23-19(18(24)4)15-27(5,6)36-23/h8-9,12-13,20H,7,10-11,14-15,28H2,1-6H3,(H3,29,30,31)/t20-,38?/m0/s1. The van der Waals surface area contributed by atoms with Crippen molar-refractivity contribution < 1.29 is 22.7 Å². The quantitative estimate of drug-likeness (QED) is 0.125. The van der Waals surface area contributed by atoms with Crippen molar-refractivity contribution in [2.75, 3.05) is 12.3 Å². The summed E-state index contributed by atoms with van der Waals surface area (Å²) in [6, 6.07) is 6.33. The lowest BCUT2D eigenvalue weighted by molar-refractivity contribution is -0.136. The summed E-state index contributed by atoms with van der Waals surface area (Å²) < 4.78 is 40.6. The second kappa shape index (κ2) is 12.3. The van der Waals surface area contributed by atoms with Crippen molar-refractivity contribution in [1.82, 2.24) is 4.72 Å². The van der Waals surface area contributed by atoms with Crippen LogP contribution in [0.25, 0.3) is 0 Å². The Morgan fingerprint density at radius 3 is 2.56 bits per heavy atom. The summed E-state index contributed by atoms with van der Waals surface area (Å²) in [6.07, 6.45) is 1.31. The molecule has 0 saturated carbocycles. The van der Waals surface area contributed by atoms with Crippen molar-refractivity contribution in [1.29, 1.82) is 0 Å². The van der Waals surface area contributed by atoms with Crippen molar-refractivity contribution in [3.05, 3.63) is 46.5 Å². The SMILES string of the molecule is CCS(=S)c1ccccc1OC(=O)[C@@H](N)CCCN=C(N)NS(=O)(=O)c1c(C)c(C)c2c(c1C)CC(C)(C)O2. The molecule has 9 nitrogen and oxygen atoms in total. The lowest BCUT2D eigenvalue weighted by Crippen LogP contribution is -2.38. The van der Waals surface area contributed by atoms with Crippen LogP contribution >= 0.6 is 0 Å². The molecular weight excluding hydrogens is 557 g/mol. The Hall–Kier alpha value is -2.54. The van der Waals surface area contributed by atoms with Gasteiger partial charge in [-0.3, -0.25) is 4.99 Å². The van der Waals surface area contributed by atoms with E-state index in [0.717, 1.165) is 27.5 Å². The van der Waals surface area contributed by atoms with Gasteiger partial charge in [0.25, 0.3) is 10.0 Å². The Labute approximate surface area is 238 Å². The number of sulfonamides is 1. The van der Waals surface area contributed by atoms with E-state index in [1.165, 1.54) is 0 Å². The first-order valence-electron chi connectivity index (χ1n) is 12.8. The van der Waals surface area contributed by atoms with E-state index in [-0.39, 0.29) is 23.8 Å². The summed E-state index contributed by atoms with van der Waals surface area (Å²) in [5.74, 6) is 1.15. The average Bonchev–Trinajstić information content (AvgIpc) is 3.20. The first kappa shape index (κ1) is 31.0. The van der Waals surface area contributed by atoms with Gasteiger partial charge in [-0.1, -0.05) is 28.5 Å². The van der Waals surface area contributed by atoms with E-state index in [0.29, 0.717) is 29.7 Å². The minimum absolute atomic E-state index is 0.181. The molecule has 2 aromatic carbocycles. The smallest absolute Gasteiger partial charge is 0.328 e. The Balaban J connectivity index is 1.61. The number of hydrogen-bond acceptors (Lipinski definition) is 8. The number of aliphatic imine (C=N–C) groups is 1. The third kappa shape index (κ3) is 7.16. The minimum Gasteiger partial charge on any atom is -0.487 e. The van der Waals surface area contributed by atoms with E-state index in [4.69, 9.17) is 32.1 Å². The fraction of sp³-hybridized carbons (Fsp3) is 0.481. The zero-order valence-corrected chi connectivity index (χ0v) is 25.7. The molecule has 0 saturated heterocycles. The number of para-hydroxylation sites is 1. The first-order valence-corrected chi connectivity index (χ1v) is 16.6. The van der Waals surface area contributed by atoms with Gasteiger partial charge in [-0.15, -0.1) is 0 Å². The zero-order chi connectivity index (χ0) is 29.1. The largest absolute Gasteiger partial charge is 0.487 e. The summed E-state index contributed by atoms with van der Waals surface area (Å²) in [4.78, 5) is 17.7. The first-order chi connectivity index (χ1) is 18.2. The summed E-state index contributed by atoms with van der Waals surface area (Å²) in [6.45, 7) is 11.5. The van der Waals surface area contributed by atoms with Crippen LogP contribution in [0.5, 0.6) is 11.5 Å². The molecule has 0 radical (unpaired) electrons. The third-order valence-corrected chi connectivity index (χ3v) is 10.9. The van der Waals surface area contributed by atoms with E-state index in [1.54, 1.807) is 26.0 Å². The van der Waals surface area contributed by atoms with E-state index >= 15 is 0 Å². The molecule has 0 spiro atoms. The van der Waals surface area contributed by atoms with E-state index in [2.05, 4.69) is 9.71 Å². The number of benzene rings is 2. The molecule has 2 atom stereocenters. The highest BCUT2D eigenvalue weighted by atomic mass is 32.8. The highest BCUT2D eigenvalue weighted by molar-refractivity contribution is 8.28. The number of esters is 1. The molecule has 1 heterocycles. The van der Waals surface area contributed by atoms with Crippen LogP contribution in [0.4, 0.5) is 0 Å². The number of ether oxygens (including phenoxy) is 2. The summed E-state index contributed by atoms with van der Waals surface area (Å²) in [7, 11) is -4.44. The topological polar surface area (TPSA) is 146 Å². The molecule has 0 bridgehead atoms. The van der Waals surface area contributed by atoms with Crippen LogP contribution in [0.1, 0.15) is 55.9 Å². The molecule has 2 aromatic rings. The minimum atomic E-state index is -3.99. The maximum atomic E-state index is 13.3. The van der Waals surface area contributed by atoms with Crippen molar-refractivity contribution in [3.8, 4) is 11.5 Å². The van der Waals surface area contributed by atoms with Crippen LogP contribution < -0.4 is 25.7 Å². The van der Waals surface area contributed by atoms with Crippen LogP contribution in [0.3, 0.4) is 0 Å². The molecule has 39 heavy (non-hydrogen) atoms. The molecule has 1 aliphatic rings. The van der Waals surface area contributed by atoms with Gasteiger partial charge in [0.05, 0.1) is 9.79 Å². The second-order valence-electron chi connectivity index (χ2n) is 10.2. The normalized spacial score (nSPS) is 16.2. The number of nitrogens with two attached hydrogens (primary N) is 2. The van der Waals surface area contributed by atoms with Gasteiger partial charge < -0.3 is 20.9 Å². The van der Waals surface area contributed by atoms with Crippen molar-refractivity contribution in [3.63, 3.8) is 0 Å². The van der Waals surface area contributed by atoms with Crippen LogP contribution in [-0.2, 0) is 41.9 Å². The van der Waals surface area contributed by atoms with E-state index in [1.807, 2.05) is 39.8 Å². The Morgan fingerprint density at radius 2 is 1.90 bits per heavy atom. The fourth-order valence-corrected chi connectivity index (χ4v) is 7.37. The maximum Gasteiger partial charge on any atom is 0.328 e. The molecule has 1 unspecified atom stereocenters. The molecule has 214 valence electrons. The average molecular weight is 595 g/mol. The Morgan fingerprint density at radius 1 is 1.23 bits per heavy atom. The molecule has 1 aliphatic heterocycles. The van der Waals surface area contributed by atoms with Gasteiger partial charge in [0.15, 0.2) is 0 Å². The van der Waals surface area contributed by atoms with Crippen molar-refractivity contribution >= 4 is 42.6 Å². The third-order valence-electron chi connectivity index (χ3n) is 6.62. The number of rotatable bonds is 10. The van der Waals surface area contributed by atoms with Crippen LogP contribution in [-0.4, -0.2) is 44.3 Å². The van der Waals surface area contributed by atoms with E-state index in [9.17, 15) is 13.2 Å². The van der Waals surface area contributed by atoms with Crippen molar-refractivity contribution in [2.24, 2.45) is 16.5 Å². The number of fused-ring (bicyclic) bond motifs is 1. The number of nitrogens with one attached hydrogen (secondary N) is 1. The predicted molar refractivity (Wildman–Crippen MR) is 159 cm³/mol. The Bertz CT molecular complexity index is 1420. The molecule has 0 aliphatic carbocycles. The van der Waals surface area contributed by atoms with Gasteiger partial charge in [0.1, 0.15) is 23.1 Å². The number of carbonyl (C=O) groups excluding carboxylic acids is 1. The second-order valence-corrected chi connectivity index (χ2v) is 14.7. The van der Waals surface area contributed by atoms with Crippen molar-refractivity contribution in [2.45, 2.75) is 82.2 Å². The number of hydrogen-bond donors (Lipinski definition) is 3. The van der Waals surface area contributed by atoms with Gasteiger partial charge in [0, 0.05) is 18.5 Å².